The van der Waals surface area contributed by atoms with Crippen LogP contribution in [-0.2, 0) is 20.0 Å². The van der Waals surface area contributed by atoms with Gasteiger partial charge in [-0.2, -0.15) is 4.98 Å². The van der Waals surface area contributed by atoms with Crippen molar-refractivity contribution in [3.05, 3.63) is 52.0 Å². The Morgan fingerprint density at radius 3 is 2.79 bits per heavy atom. The zero-order valence-corrected chi connectivity index (χ0v) is 19.6. The SMILES string of the molecule is CC(C)NC(=O)N1CCc2cc(-c3nc(Nc4ccc(N)c(C=N)c4Cl)n(C)n3)ccc2C1. The molecule has 0 aliphatic carbocycles. The van der Waals surface area contributed by atoms with Gasteiger partial charge in [0, 0.05) is 49.2 Å². The number of urea groups is 1. The first-order chi connectivity index (χ1) is 15.8. The van der Waals surface area contributed by atoms with Crippen LogP contribution < -0.4 is 16.4 Å². The van der Waals surface area contributed by atoms with Gasteiger partial charge in [0.15, 0.2) is 5.82 Å². The van der Waals surface area contributed by atoms with Gasteiger partial charge in [-0.1, -0.05) is 23.7 Å². The Morgan fingerprint density at radius 2 is 2.06 bits per heavy atom. The lowest BCUT2D eigenvalue weighted by Crippen LogP contribution is -2.45. The van der Waals surface area contributed by atoms with Crippen LogP contribution in [0.2, 0.25) is 5.02 Å². The van der Waals surface area contributed by atoms with Crippen LogP contribution in [0, 0.1) is 5.41 Å². The molecule has 5 N–H and O–H groups in total. The van der Waals surface area contributed by atoms with Crippen LogP contribution in [0.25, 0.3) is 11.4 Å². The lowest BCUT2D eigenvalue weighted by atomic mass is 9.97. The van der Waals surface area contributed by atoms with Crippen LogP contribution in [0.1, 0.15) is 30.5 Å². The van der Waals surface area contributed by atoms with Gasteiger partial charge in [0.2, 0.25) is 5.95 Å². The molecule has 9 nitrogen and oxygen atoms in total. The quantitative estimate of drug-likeness (QED) is 0.335. The lowest BCUT2D eigenvalue weighted by molar-refractivity contribution is 0.190. The van der Waals surface area contributed by atoms with E-state index in [-0.39, 0.29) is 12.1 Å². The molecule has 0 bridgehead atoms. The topological polar surface area (TPSA) is 125 Å². The summed E-state index contributed by atoms with van der Waals surface area (Å²) >= 11 is 6.40. The minimum atomic E-state index is -0.0330. The second-order valence-corrected chi connectivity index (χ2v) is 8.72. The molecule has 0 spiro atoms. The van der Waals surface area contributed by atoms with Gasteiger partial charge in [-0.25, -0.2) is 9.48 Å². The molecule has 33 heavy (non-hydrogen) atoms. The second kappa shape index (κ2) is 9.11. The Bertz CT molecular complexity index is 1220. The fourth-order valence-corrected chi connectivity index (χ4v) is 4.06. The van der Waals surface area contributed by atoms with E-state index in [1.165, 1.54) is 5.56 Å². The van der Waals surface area contributed by atoms with Crippen LogP contribution in [0.5, 0.6) is 0 Å². The van der Waals surface area contributed by atoms with Gasteiger partial charge < -0.3 is 26.7 Å². The molecule has 0 unspecified atom stereocenters. The van der Waals surface area contributed by atoms with Gasteiger partial charge in [-0.05, 0) is 49.6 Å². The number of nitrogens with two attached hydrogens (primary N) is 1. The number of carbonyl (C=O) groups is 1. The van der Waals surface area contributed by atoms with Crippen LogP contribution in [0.15, 0.2) is 30.3 Å². The largest absolute Gasteiger partial charge is 0.398 e. The Kier molecular flexibility index (Phi) is 6.24. The number of amides is 2. The van der Waals surface area contributed by atoms with Crippen LogP contribution in [0.4, 0.5) is 22.1 Å². The van der Waals surface area contributed by atoms with Crippen molar-refractivity contribution in [1.29, 1.82) is 5.41 Å². The summed E-state index contributed by atoms with van der Waals surface area (Å²) in [6, 6.07) is 9.63. The molecule has 0 saturated heterocycles. The molecule has 2 aromatic carbocycles. The van der Waals surface area contributed by atoms with E-state index in [4.69, 9.17) is 22.7 Å². The third-order valence-corrected chi connectivity index (χ3v) is 5.95. The van der Waals surface area contributed by atoms with Gasteiger partial charge in [0.25, 0.3) is 0 Å². The smallest absolute Gasteiger partial charge is 0.317 e. The highest BCUT2D eigenvalue weighted by Gasteiger charge is 2.22. The number of halogens is 1. The first-order valence-electron chi connectivity index (χ1n) is 10.7. The van der Waals surface area contributed by atoms with Crippen molar-refractivity contribution in [2.75, 3.05) is 17.6 Å². The minimum absolute atomic E-state index is 0.0330. The summed E-state index contributed by atoms with van der Waals surface area (Å²) in [6.07, 6.45) is 1.91. The average molecular weight is 467 g/mol. The van der Waals surface area contributed by atoms with Crippen molar-refractivity contribution in [3.8, 4) is 11.4 Å². The molecule has 1 aromatic heterocycles. The van der Waals surface area contributed by atoms with Crippen molar-refractivity contribution in [2.24, 2.45) is 7.05 Å². The predicted octanol–water partition coefficient (Wildman–Crippen LogP) is 3.94. The van der Waals surface area contributed by atoms with Gasteiger partial charge >= 0.3 is 6.03 Å². The Morgan fingerprint density at radius 1 is 1.27 bits per heavy atom. The summed E-state index contributed by atoms with van der Waals surface area (Å²) in [5.74, 6) is 1.10. The summed E-state index contributed by atoms with van der Waals surface area (Å²) in [5, 5.41) is 18.6. The minimum Gasteiger partial charge on any atom is -0.398 e. The summed E-state index contributed by atoms with van der Waals surface area (Å²) in [5.41, 5.74) is 10.6. The van der Waals surface area contributed by atoms with E-state index in [2.05, 4.69) is 26.8 Å². The highest BCUT2D eigenvalue weighted by molar-refractivity contribution is 6.36. The fourth-order valence-electron chi connectivity index (χ4n) is 3.79. The molecular weight excluding hydrogens is 440 g/mol. The number of aromatic nitrogens is 3. The van der Waals surface area contributed by atoms with Crippen molar-refractivity contribution in [3.63, 3.8) is 0 Å². The molecule has 1 aliphatic rings. The van der Waals surface area contributed by atoms with E-state index in [0.717, 1.165) is 23.8 Å². The summed E-state index contributed by atoms with van der Waals surface area (Å²) in [7, 11) is 1.80. The van der Waals surface area contributed by atoms with Crippen molar-refractivity contribution >= 4 is 41.2 Å². The number of nitrogens with zero attached hydrogens (tertiary/aromatic N) is 4. The Labute approximate surface area is 197 Å². The summed E-state index contributed by atoms with van der Waals surface area (Å²) < 4.78 is 1.64. The first kappa shape index (κ1) is 22.6. The summed E-state index contributed by atoms with van der Waals surface area (Å²) in [6.45, 7) is 5.17. The van der Waals surface area contributed by atoms with Gasteiger partial charge in [0.05, 0.1) is 10.7 Å². The molecule has 2 amide bonds. The number of aryl methyl sites for hydroxylation is 1. The number of rotatable bonds is 5. The maximum Gasteiger partial charge on any atom is 0.317 e. The van der Waals surface area contributed by atoms with Crippen LogP contribution in [-0.4, -0.2) is 44.5 Å². The molecule has 0 radical (unpaired) electrons. The average Bonchev–Trinajstić information content (AvgIpc) is 3.15. The fraction of sp³-hybridized carbons (Fsp3) is 0.304. The van der Waals surface area contributed by atoms with Gasteiger partial charge in [-0.15, -0.1) is 5.10 Å². The molecule has 2 heterocycles. The number of hydrogen-bond donors (Lipinski definition) is 4. The molecule has 10 heteroatoms. The highest BCUT2D eigenvalue weighted by Crippen LogP contribution is 2.32. The number of nitrogen functional groups attached to an aromatic ring is 1. The molecule has 3 aromatic rings. The molecule has 1 aliphatic heterocycles. The Hall–Kier alpha value is -3.59. The Balaban J connectivity index is 1.55. The number of fused-ring (bicyclic) bond motifs is 1. The number of carbonyl (C=O) groups excluding carboxylic acids is 1. The van der Waals surface area contributed by atoms with E-state index in [0.29, 0.717) is 46.8 Å². The van der Waals surface area contributed by atoms with Crippen molar-refractivity contribution in [1.82, 2.24) is 25.0 Å². The number of hydrogen-bond acceptors (Lipinski definition) is 6. The van der Waals surface area contributed by atoms with Crippen LogP contribution in [0.3, 0.4) is 0 Å². The number of anilines is 3. The maximum absolute atomic E-state index is 12.3. The third kappa shape index (κ3) is 4.63. The zero-order chi connectivity index (χ0) is 23.7. The van der Waals surface area contributed by atoms with E-state index in [1.54, 1.807) is 23.9 Å². The monoisotopic (exact) mass is 466 g/mol. The third-order valence-electron chi connectivity index (χ3n) is 5.54. The predicted molar refractivity (Wildman–Crippen MR) is 131 cm³/mol. The van der Waals surface area contributed by atoms with Crippen LogP contribution >= 0.6 is 11.6 Å². The summed E-state index contributed by atoms with van der Waals surface area (Å²) in [4.78, 5) is 18.8. The molecular formula is C23H27ClN8O. The standard InChI is InChI=1S/C23H27ClN8O/c1-13(2)27-23(33)32-9-8-14-10-15(4-5-16(14)12-32)21-29-22(31(3)30-21)28-19-7-6-18(26)17(11-25)20(19)24/h4-7,10-11,13,25H,8-9,12,26H2,1-3H3,(H,27,33)(H,28,29,30). The van der Waals surface area contributed by atoms with E-state index in [1.807, 2.05) is 30.9 Å². The van der Waals surface area contributed by atoms with E-state index < -0.39 is 0 Å². The normalized spacial score (nSPS) is 13.1. The number of nitrogens with one attached hydrogen (secondary N) is 3. The van der Waals surface area contributed by atoms with Gasteiger partial charge in [-0.3, -0.25) is 0 Å². The highest BCUT2D eigenvalue weighted by atomic mass is 35.5. The van der Waals surface area contributed by atoms with E-state index in [9.17, 15) is 4.79 Å². The van der Waals surface area contributed by atoms with Crippen molar-refractivity contribution in [2.45, 2.75) is 32.9 Å². The molecule has 0 fully saturated rings. The lowest BCUT2D eigenvalue weighted by Gasteiger charge is -2.30. The second-order valence-electron chi connectivity index (χ2n) is 8.34. The van der Waals surface area contributed by atoms with E-state index >= 15 is 0 Å². The zero-order valence-electron chi connectivity index (χ0n) is 18.8. The molecule has 172 valence electrons. The maximum atomic E-state index is 12.3. The molecule has 4 rings (SSSR count). The van der Waals surface area contributed by atoms with Crippen molar-refractivity contribution < 1.29 is 4.79 Å². The molecule has 0 saturated carbocycles. The van der Waals surface area contributed by atoms with Gasteiger partial charge in [0.1, 0.15) is 0 Å². The molecule has 0 atom stereocenters. The first-order valence-corrected chi connectivity index (χ1v) is 11.1. The number of benzene rings is 2.